The highest BCUT2D eigenvalue weighted by molar-refractivity contribution is 4.98. The normalized spacial score (nSPS) is 44.8. The van der Waals surface area contributed by atoms with Gasteiger partial charge in [-0.1, -0.05) is 19.3 Å². The molecule has 1 aliphatic heterocycles. The predicted octanol–water partition coefficient (Wildman–Crippen LogP) is 2.39. The fourth-order valence-corrected chi connectivity index (χ4v) is 4.53. The summed E-state index contributed by atoms with van der Waals surface area (Å²) in [5.41, 5.74) is 0. The number of nitrogens with zero attached hydrogens (tertiary/aromatic N) is 1. The number of likely N-dealkylation sites (tertiary alicyclic amines) is 1. The number of nitrogens with one attached hydrogen (secondary N) is 1. The average Bonchev–Trinajstić information content (AvgIpc) is 2.94. The molecule has 3 aliphatic rings. The fourth-order valence-electron chi connectivity index (χ4n) is 4.53. The Morgan fingerprint density at radius 2 is 1.69 bits per heavy atom. The summed E-state index contributed by atoms with van der Waals surface area (Å²) in [6.45, 7) is 1.39. The first-order valence-corrected chi connectivity index (χ1v) is 7.33. The van der Waals surface area contributed by atoms with E-state index in [1.165, 1.54) is 57.9 Å². The van der Waals surface area contributed by atoms with Crippen molar-refractivity contribution in [3.63, 3.8) is 0 Å². The highest BCUT2D eigenvalue weighted by Crippen LogP contribution is 2.40. The van der Waals surface area contributed by atoms with Crippen LogP contribution in [-0.2, 0) is 0 Å². The van der Waals surface area contributed by atoms with Crippen LogP contribution in [0.3, 0.4) is 0 Å². The Labute approximate surface area is 99.8 Å². The number of likely N-dealkylation sites (N-methyl/N-ethyl adjacent to an activating group) is 1. The minimum atomic E-state index is 0.778. The van der Waals surface area contributed by atoms with Crippen molar-refractivity contribution in [2.75, 3.05) is 13.6 Å². The molecule has 1 heterocycles. The molecule has 2 saturated carbocycles. The monoisotopic (exact) mass is 222 g/mol. The zero-order valence-electron chi connectivity index (χ0n) is 10.6. The highest BCUT2D eigenvalue weighted by atomic mass is 15.2. The van der Waals surface area contributed by atoms with Gasteiger partial charge in [0.05, 0.1) is 0 Å². The van der Waals surface area contributed by atoms with Gasteiger partial charge >= 0.3 is 0 Å². The molecule has 0 aromatic rings. The molecule has 4 atom stereocenters. The Morgan fingerprint density at radius 3 is 2.56 bits per heavy atom. The van der Waals surface area contributed by atoms with E-state index >= 15 is 0 Å². The summed E-state index contributed by atoms with van der Waals surface area (Å²) < 4.78 is 0. The summed E-state index contributed by atoms with van der Waals surface area (Å²) in [6, 6.07) is 2.59. The Bertz CT molecular complexity index is 241. The lowest BCUT2D eigenvalue weighted by molar-refractivity contribution is 0.119. The summed E-state index contributed by atoms with van der Waals surface area (Å²) in [6.07, 6.45) is 11.7. The molecule has 1 N–H and O–H groups in total. The third-order valence-electron chi connectivity index (χ3n) is 5.33. The van der Waals surface area contributed by atoms with Crippen LogP contribution in [0.4, 0.5) is 0 Å². The first-order chi connectivity index (χ1) is 7.90. The molecule has 2 aliphatic carbocycles. The van der Waals surface area contributed by atoms with Gasteiger partial charge in [-0.15, -0.1) is 0 Å². The van der Waals surface area contributed by atoms with Crippen LogP contribution in [0.5, 0.6) is 0 Å². The quantitative estimate of drug-likeness (QED) is 0.772. The van der Waals surface area contributed by atoms with Gasteiger partial charge in [0.15, 0.2) is 0 Å². The van der Waals surface area contributed by atoms with Crippen molar-refractivity contribution in [3.05, 3.63) is 0 Å². The lowest BCUT2D eigenvalue weighted by Crippen LogP contribution is -2.49. The van der Waals surface area contributed by atoms with Crippen LogP contribution in [0.1, 0.15) is 51.4 Å². The molecule has 4 unspecified atom stereocenters. The molecule has 2 heteroatoms. The lowest BCUT2D eigenvalue weighted by atomic mass is 9.85. The smallest absolute Gasteiger partial charge is 0.0252 e. The summed E-state index contributed by atoms with van der Waals surface area (Å²) in [5, 5.41) is 3.54. The van der Waals surface area contributed by atoms with Crippen LogP contribution in [0.2, 0.25) is 0 Å². The Hall–Kier alpha value is -0.0800. The van der Waals surface area contributed by atoms with Crippen LogP contribution in [0.15, 0.2) is 0 Å². The average molecular weight is 222 g/mol. The van der Waals surface area contributed by atoms with Crippen LogP contribution in [0.25, 0.3) is 0 Å². The van der Waals surface area contributed by atoms with Gasteiger partial charge in [-0.25, -0.2) is 0 Å². The van der Waals surface area contributed by atoms with Gasteiger partial charge in [-0.05, 0) is 51.6 Å². The molecule has 3 fully saturated rings. The van der Waals surface area contributed by atoms with Crippen molar-refractivity contribution in [3.8, 4) is 0 Å². The summed E-state index contributed by atoms with van der Waals surface area (Å²) in [5.74, 6) is 1.05. The molecule has 0 amide bonds. The highest BCUT2D eigenvalue weighted by Gasteiger charge is 2.42. The Morgan fingerprint density at radius 1 is 0.875 bits per heavy atom. The maximum Gasteiger partial charge on any atom is 0.0252 e. The summed E-state index contributed by atoms with van der Waals surface area (Å²) in [4.78, 5) is 2.89. The number of fused-ring (bicyclic) bond motifs is 1. The van der Waals surface area contributed by atoms with E-state index < -0.39 is 0 Å². The Kier molecular flexibility index (Phi) is 3.21. The van der Waals surface area contributed by atoms with Crippen molar-refractivity contribution in [2.24, 2.45) is 5.92 Å². The van der Waals surface area contributed by atoms with E-state index in [-0.39, 0.29) is 0 Å². The van der Waals surface area contributed by atoms with Crippen molar-refractivity contribution >= 4 is 0 Å². The molecule has 1 saturated heterocycles. The van der Waals surface area contributed by atoms with E-state index in [2.05, 4.69) is 17.3 Å². The van der Waals surface area contributed by atoms with Crippen LogP contribution in [0, 0.1) is 5.92 Å². The van der Waals surface area contributed by atoms with E-state index in [4.69, 9.17) is 0 Å². The first kappa shape index (κ1) is 11.0. The second kappa shape index (κ2) is 4.66. The molecule has 92 valence electrons. The van der Waals surface area contributed by atoms with Crippen LogP contribution in [-0.4, -0.2) is 36.6 Å². The molecule has 0 bridgehead atoms. The van der Waals surface area contributed by atoms with Gasteiger partial charge in [0.2, 0.25) is 0 Å². The van der Waals surface area contributed by atoms with E-state index in [0.717, 1.165) is 24.0 Å². The van der Waals surface area contributed by atoms with Crippen molar-refractivity contribution < 1.29 is 0 Å². The predicted molar refractivity (Wildman–Crippen MR) is 67.6 cm³/mol. The number of hydrogen-bond donors (Lipinski definition) is 1. The largest absolute Gasteiger partial charge is 0.315 e. The molecule has 16 heavy (non-hydrogen) atoms. The summed E-state index contributed by atoms with van der Waals surface area (Å²) >= 11 is 0. The van der Waals surface area contributed by atoms with Crippen LogP contribution < -0.4 is 5.32 Å². The maximum absolute atomic E-state index is 3.54. The minimum absolute atomic E-state index is 0.778. The van der Waals surface area contributed by atoms with Crippen molar-refractivity contribution in [2.45, 2.75) is 69.5 Å². The van der Waals surface area contributed by atoms with E-state index in [1.807, 2.05) is 0 Å². The second-order valence-electron chi connectivity index (χ2n) is 6.03. The molecule has 2 nitrogen and oxygen atoms in total. The van der Waals surface area contributed by atoms with Gasteiger partial charge in [-0.2, -0.15) is 0 Å². The molecule has 0 aromatic heterocycles. The fraction of sp³-hybridized carbons (Fsp3) is 1.00. The summed E-state index contributed by atoms with van der Waals surface area (Å²) in [7, 11) is 2.15. The molecule has 0 radical (unpaired) electrons. The number of rotatable bonds is 2. The lowest BCUT2D eigenvalue weighted by Gasteiger charge is -2.38. The van der Waals surface area contributed by atoms with E-state index in [0.29, 0.717) is 0 Å². The minimum Gasteiger partial charge on any atom is -0.315 e. The van der Waals surface area contributed by atoms with Gasteiger partial charge in [0.1, 0.15) is 0 Å². The SMILES string of the molecule is CNC1CCCC1N1CCC2CCCCC21. The van der Waals surface area contributed by atoms with Crippen molar-refractivity contribution in [1.82, 2.24) is 10.2 Å². The van der Waals surface area contributed by atoms with E-state index in [1.54, 1.807) is 0 Å². The van der Waals surface area contributed by atoms with Gasteiger partial charge < -0.3 is 5.32 Å². The van der Waals surface area contributed by atoms with E-state index in [9.17, 15) is 0 Å². The third-order valence-corrected chi connectivity index (χ3v) is 5.33. The second-order valence-corrected chi connectivity index (χ2v) is 6.03. The van der Waals surface area contributed by atoms with Crippen LogP contribution >= 0.6 is 0 Å². The zero-order chi connectivity index (χ0) is 11.0. The van der Waals surface area contributed by atoms with Gasteiger partial charge in [-0.3, -0.25) is 4.90 Å². The molecular weight excluding hydrogens is 196 g/mol. The Balaban J connectivity index is 1.70. The van der Waals surface area contributed by atoms with Gasteiger partial charge in [0.25, 0.3) is 0 Å². The molecule has 3 rings (SSSR count). The third kappa shape index (κ3) is 1.80. The molecule has 0 aromatic carbocycles. The number of hydrogen-bond acceptors (Lipinski definition) is 2. The van der Waals surface area contributed by atoms with Crippen molar-refractivity contribution in [1.29, 1.82) is 0 Å². The standard InChI is InChI=1S/C14H26N2/c1-15-12-6-4-8-14(12)16-10-9-11-5-2-3-7-13(11)16/h11-15H,2-10H2,1H3. The van der Waals surface area contributed by atoms with Gasteiger partial charge in [0, 0.05) is 18.1 Å². The molecular formula is C14H26N2. The maximum atomic E-state index is 3.54. The first-order valence-electron chi connectivity index (χ1n) is 7.33. The molecule has 0 spiro atoms. The zero-order valence-corrected chi connectivity index (χ0v) is 10.6. The topological polar surface area (TPSA) is 15.3 Å².